The minimum atomic E-state index is -4.42. The number of nitrogens with zero attached hydrogens (tertiary/aromatic N) is 3. The van der Waals surface area contributed by atoms with E-state index in [1.54, 1.807) is 4.57 Å². The lowest BCUT2D eigenvalue weighted by Crippen LogP contribution is -2.16. The van der Waals surface area contributed by atoms with Gasteiger partial charge >= 0.3 is 0 Å². The van der Waals surface area contributed by atoms with Crippen molar-refractivity contribution in [2.24, 2.45) is 0 Å². The van der Waals surface area contributed by atoms with Crippen LogP contribution in [-0.2, 0) is 23.0 Å². The average Bonchev–Trinajstić information content (AvgIpc) is 2.91. The molecule has 0 unspecified atom stereocenters. The molecule has 1 aliphatic heterocycles. The summed E-state index contributed by atoms with van der Waals surface area (Å²) in [6.07, 6.45) is 3.51. The lowest BCUT2D eigenvalue weighted by molar-refractivity contribution is 0.567. The van der Waals surface area contributed by atoms with Crippen LogP contribution >= 0.6 is 0 Å². The molecule has 0 aliphatic carbocycles. The van der Waals surface area contributed by atoms with E-state index < -0.39 is 38.1 Å². The van der Waals surface area contributed by atoms with E-state index >= 15 is 0 Å². The second-order valence-electron chi connectivity index (χ2n) is 6.75. The fourth-order valence-corrected chi connectivity index (χ4v) is 4.48. The molecule has 2 heterocycles. The minimum Gasteiger partial charge on any atom is -0.311 e. The van der Waals surface area contributed by atoms with Crippen molar-refractivity contribution in [1.29, 1.82) is 0 Å². The lowest BCUT2D eigenvalue weighted by Gasteiger charge is -2.13. The molecule has 29 heavy (non-hydrogen) atoms. The summed E-state index contributed by atoms with van der Waals surface area (Å²) in [5, 5.41) is 8.11. The van der Waals surface area contributed by atoms with Gasteiger partial charge in [-0.2, -0.15) is 0 Å². The molecule has 0 bridgehead atoms. The maximum atomic E-state index is 14.5. The smallest absolute Gasteiger partial charge is 0.264 e. The average molecular weight is 422 g/mol. The Morgan fingerprint density at radius 3 is 2.52 bits per heavy atom. The number of halogens is 3. The number of fused-ring (bicyclic) bond motifs is 1. The fourth-order valence-electron chi connectivity index (χ4n) is 3.35. The van der Waals surface area contributed by atoms with Gasteiger partial charge < -0.3 is 4.57 Å². The summed E-state index contributed by atoms with van der Waals surface area (Å²) >= 11 is 0. The molecule has 0 fully saturated rings. The van der Waals surface area contributed by atoms with Gasteiger partial charge in [0.25, 0.3) is 10.0 Å². The van der Waals surface area contributed by atoms with E-state index in [0.29, 0.717) is 24.9 Å². The van der Waals surface area contributed by atoms with Crippen LogP contribution in [0.4, 0.5) is 18.9 Å². The van der Waals surface area contributed by atoms with E-state index in [-0.39, 0.29) is 11.4 Å². The normalized spacial score (nSPS) is 14.3. The Labute approximate surface area is 165 Å². The molecule has 6 nitrogen and oxygen atoms in total. The van der Waals surface area contributed by atoms with Crippen LogP contribution in [-0.4, -0.2) is 23.2 Å². The predicted octanol–water partition coefficient (Wildman–Crippen LogP) is 3.89. The van der Waals surface area contributed by atoms with E-state index in [1.165, 1.54) is 12.1 Å². The van der Waals surface area contributed by atoms with Gasteiger partial charge in [-0.15, -0.1) is 10.2 Å². The van der Waals surface area contributed by atoms with Crippen molar-refractivity contribution < 1.29 is 21.6 Å². The fraction of sp³-hybridized carbons (Fsp3) is 0.263. The lowest BCUT2D eigenvalue weighted by atomic mass is 10.1. The number of aromatic nitrogens is 3. The first-order chi connectivity index (χ1) is 13.9. The summed E-state index contributed by atoms with van der Waals surface area (Å²) in [6, 6.07) is 6.31. The quantitative estimate of drug-likeness (QED) is 0.692. The molecule has 0 saturated heterocycles. The van der Waals surface area contributed by atoms with Crippen LogP contribution in [0.15, 0.2) is 41.3 Å². The Hall–Kier alpha value is -2.88. The molecule has 3 aromatic rings. The van der Waals surface area contributed by atoms with Gasteiger partial charge in [-0.3, -0.25) is 4.72 Å². The van der Waals surface area contributed by atoms with Crippen LogP contribution in [0.3, 0.4) is 0 Å². The molecule has 1 aromatic heterocycles. The Kier molecular flexibility index (Phi) is 5.03. The molecule has 0 atom stereocenters. The van der Waals surface area contributed by atoms with E-state index in [0.717, 1.165) is 37.5 Å². The van der Waals surface area contributed by atoms with Crippen molar-refractivity contribution >= 4 is 15.7 Å². The van der Waals surface area contributed by atoms with E-state index in [2.05, 4.69) is 10.2 Å². The molecule has 1 aliphatic rings. The number of anilines is 1. The maximum Gasteiger partial charge on any atom is 0.264 e. The van der Waals surface area contributed by atoms with Crippen LogP contribution in [0.25, 0.3) is 11.4 Å². The SMILES string of the molecule is O=S(=O)(Nc1cc(-c2nnc3n2CCCCC3)c(F)cc1F)c1ccccc1F. The van der Waals surface area contributed by atoms with Crippen LogP contribution in [0.2, 0.25) is 0 Å². The molecule has 4 rings (SSSR count). The van der Waals surface area contributed by atoms with Gasteiger partial charge in [-0.25, -0.2) is 21.6 Å². The van der Waals surface area contributed by atoms with Gasteiger partial charge in [0.2, 0.25) is 0 Å². The second kappa shape index (κ2) is 7.51. The molecule has 0 spiro atoms. The van der Waals surface area contributed by atoms with E-state index in [9.17, 15) is 21.6 Å². The first-order valence-electron chi connectivity index (χ1n) is 9.05. The largest absolute Gasteiger partial charge is 0.311 e. The first-order valence-corrected chi connectivity index (χ1v) is 10.5. The van der Waals surface area contributed by atoms with Gasteiger partial charge in [0.1, 0.15) is 28.2 Å². The molecule has 0 radical (unpaired) electrons. The van der Waals surface area contributed by atoms with Crippen LogP contribution in [0, 0.1) is 17.5 Å². The number of aryl methyl sites for hydroxylation is 1. The van der Waals surface area contributed by atoms with Crippen molar-refractivity contribution in [2.75, 3.05) is 4.72 Å². The zero-order valence-electron chi connectivity index (χ0n) is 15.2. The van der Waals surface area contributed by atoms with Gasteiger partial charge in [-0.05, 0) is 31.0 Å². The van der Waals surface area contributed by atoms with Crippen LogP contribution in [0.5, 0.6) is 0 Å². The van der Waals surface area contributed by atoms with Crippen molar-refractivity contribution in [3.63, 3.8) is 0 Å². The highest BCUT2D eigenvalue weighted by Gasteiger charge is 2.24. The summed E-state index contributed by atoms with van der Waals surface area (Å²) in [5.41, 5.74) is -0.589. The maximum absolute atomic E-state index is 14.5. The molecule has 0 saturated carbocycles. The number of hydrogen-bond donors (Lipinski definition) is 1. The van der Waals surface area contributed by atoms with E-state index in [4.69, 9.17) is 0 Å². The highest BCUT2D eigenvalue weighted by molar-refractivity contribution is 7.92. The summed E-state index contributed by atoms with van der Waals surface area (Å²) in [6.45, 7) is 0.588. The van der Waals surface area contributed by atoms with Gasteiger partial charge in [0.15, 0.2) is 5.82 Å². The molecular weight excluding hydrogens is 405 g/mol. The van der Waals surface area contributed by atoms with Crippen molar-refractivity contribution in [1.82, 2.24) is 14.8 Å². The van der Waals surface area contributed by atoms with E-state index in [1.807, 2.05) is 4.72 Å². The van der Waals surface area contributed by atoms with Gasteiger partial charge in [-0.1, -0.05) is 18.6 Å². The summed E-state index contributed by atoms with van der Waals surface area (Å²) in [4.78, 5) is -0.637. The van der Waals surface area contributed by atoms with Gasteiger partial charge in [0, 0.05) is 19.0 Å². The predicted molar refractivity (Wildman–Crippen MR) is 100 cm³/mol. The molecule has 0 amide bonds. The zero-order chi connectivity index (χ0) is 20.6. The summed E-state index contributed by atoms with van der Waals surface area (Å²) in [7, 11) is -4.42. The number of sulfonamides is 1. The Morgan fingerprint density at radius 2 is 1.72 bits per heavy atom. The third-order valence-electron chi connectivity index (χ3n) is 4.78. The molecule has 2 aromatic carbocycles. The molecule has 1 N–H and O–H groups in total. The number of rotatable bonds is 4. The Morgan fingerprint density at radius 1 is 0.931 bits per heavy atom. The Bertz CT molecular complexity index is 1180. The Balaban J connectivity index is 1.76. The third kappa shape index (κ3) is 3.71. The zero-order valence-corrected chi connectivity index (χ0v) is 16.0. The topological polar surface area (TPSA) is 76.9 Å². The van der Waals surface area contributed by atoms with Crippen molar-refractivity contribution in [2.45, 2.75) is 37.1 Å². The number of nitrogens with one attached hydrogen (secondary N) is 1. The highest BCUT2D eigenvalue weighted by atomic mass is 32.2. The summed E-state index contributed by atoms with van der Waals surface area (Å²) in [5.74, 6) is -2.09. The standard InChI is InChI=1S/C19H17F3N4O2S/c20-13-6-3-4-7-17(13)29(27,28)25-16-10-12(14(21)11-15(16)22)19-24-23-18-8-2-1-5-9-26(18)19/h3-4,6-7,10-11,25H,1-2,5,8-9H2. The van der Waals surface area contributed by atoms with Crippen LogP contribution in [0.1, 0.15) is 25.1 Å². The number of benzene rings is 2. The van der Waals surface area contributed by atoms with Crippen molar-refractivity contribution in [3.8, 4) is 11.4 Å². The van der Waals surface area contributed by atoms with Crippen molar-refractivity contribution in [3.05, 3.63) is 59.7 Å². The minimum absolute atomic E-state index is 0.0849. The van der Waals surface area contributed by atoms with Gasteiger partial charge in [0.05, 0.1) is 11.3 Å². The third-order valence-corrected chi connectivity index (χ3v) is 6.18. The first kappa shape index (κ1) is 19.4. The molecule has 10 heteroatoms. The van der Waals surface area contributed by atoms with Crippen LogP contribution < -0.4 is 4.72 Å². The summed E-state index contributed by atoms with van der Waals surface area (Å²) < 4.78 is 71.5. The molecular formula is C19H17F3N4O2S. The highest BCUT2D eigenvalue weighted by Crippen LogP contribution is 2.30. The molecule has 152 valence electrons. The number of hydrogen-bond acceptors (Lipinski definition) is 4. The monoisotopic (exact) mass is 422 g/mol. The second-order valence-corrected chi connectivity index (χ2v) is 8.40.